The van der Waals surface area contributed by atoms with Crippen LogP contribution >= 0.6 is 0 Å². The molecule has 0 saturated carbocycles. The zero-order chi connectivity index (χ0) is 12.0. The van der Waals surface area contributed by atoms with Gasteiger partial charge in [-0.25, -0.2) is 8.42 Å². The fraction of sp³-hybridized carbons (Fsp3) is 0.500. The van der Waals surface area contributed by atoms with Gasteiger partial charge in [-0.2, -0.15) is 4.31 Å². The molecular weight excluding hydrogens is 236 g/mol. The van der Waals surface area contributed by atoms with Crippen LogP contribution in [0.25, 0.3) is 0 Å². The van der Waals surface area contributed by atoms with Gasteiger partial charge in [-0.1, -0.05) is 18.2 Å². The van der Waals surface area contributed by atoms with Crippen molar-refractivity contribution in [2.24, 2.45) is 0 Å². The molecule has 0 N–H and O–H groups in total. The molecular formula is C12H16N2O2S. The van der Waals surface area contributed by atoms with Crippen LogP contribution in [0.5, 0.6) is 0 Å². The molecule has 0 unspecified atom stereocenters. The predicted molar refractivity (Wildman–Crippen MR) is 65.2 cm³/mol. The molecule has 1 aromatic carbocycles. The first kappa shape index (κ1) is 11.2. The fourth-order valence-corrected chi connectivity index (χ4v) is 4.54. The summed E-state index contributed by atoms with van der Waals surface area (Å²) >= 11 is 0. The third kappa shape index (κ3) is 1.69. The van der Waals surface area contributed by atoms with Crippen LogP contribution in [0.4, 0.5) is 0 Å². The third-order valence-electron chi connectivity index (χ3n) is 3.81. The molecule has 2 saturated heterocycles. The second kappa shape index (κ2) is 3.80. The van der Waals surface area contributed by atoms with E-state index in [0.29, 0.717) is 17.5 Å². The van der Waals surface area contributed by atoms with Crippen LogP contribution in [0.3, 0.4) is 0 Å². The lowest BCUT2D eigenvalue weighted by molar-refractivity contribution is 0.216. The number of likely N-dealkylation sites (N-methyl/N-ethyl adjacent to an activating group) is 1. The maximum Gasteiger partial charge on any atom is 0.243 e. The van der Waals surface area contributed by atoms with Crippen LogP contribution in [0.15, 0.2) is 35.2 Å². The Bertz CT molecular complexity index is 513. The molecule has 2 bridgehead atoms. The molecule has 4 nitrogen and oxygen atoms in total. The van der Waals surface area contributed by atoms with Gasteiger partial charge in [0.2, 0.25) is 10.0 Å². The van der Waals surface area contributed by atoms with E-state index in [1.54, 1.807) is 28.6 Å². The molecule has 17 heavy (non-hydrogen) atoms. The molecule has 2 heterocycles. The molecule has 2 aliphatic rings. The molecule has 0 radical (unpaired) electrons. The minimum Gasteiger partial charge on any atom is -0.300 e. The van der Waals surface area contributed by atoms with E-state index in [2.05, 4.69) is 11.9 Å². The van der Waals surface area contributed by atoms with E-state index < -0.39 is 10.0 Å². The highest BCUT2D eigenvalue weighted by Gasteiger charge is 2.46. The molecule has 5 heteroatoms. The highest BCUT2D eigenvalue weighted by atomic mass is 32.2. The maximum absolute atomic E-state index is 12.4. The Hall–Kier alpha value is -0.910. The number of rotatable bonds is 2. The molecule has 2 atom stereocenters. The van der Waals surface area contributed by atoms with Crippen LogP contribution in [0.1, 0.15) is 6.42 Å². The molecule has 0 aliphatic carbocycles. The molecule has 2 aliphatic heterocycles. The second-order valence-corrected chi connectivity index (χ2v) is 6.76. The molecule has 1 aromatic rings. The quantitative estimate of drug-likeness (QED) is 0.780. The van der Waals surface area contributed by atoms with E-state index in [1.165, 1.54) is 0 Å². The summed E-state index contributed by atoms with van der Waals surface area (Å²) in [4.78, 5) is 2.66. The summed E-state index contributed by atoms with van der Waals surface area (Å²) in [5, 5.41) is 0. The smallest absolute Gasteiger partial charge is 0.243 e. The van der Waals surface area contributed by atoms with Gasteiger partial charge < -0.3 is 4.90 Å². The highest BCUT2D eigenvalue weighted by molar-refractivity contribution is 7.89. The van der Waals surface area contributed by atoms with Gasteiger partial charge in [0.05, 0.1) is 4.90 Å². The standard InChI is InChI=1S/C12H16N2O2S/c1-13-8-11-7-10(13)9-14(11)17(15,16)12-5-3-2-4-6-12/h2-6,10-11H,7-9H2,1H3/t10-,11-/m0/s1. The van der Waals surface area contributed by atoms with Gasteiger partial charge in [-0.15, -0.1) is 0 Å². The Morgan fingerprint density at radius 3 is 2.35 bits per heavy atom. The minimum absolute atomic E-state index is 0.162. The van der Waals surface area contributed by atoms with Crippen LogP contribution in [0, 0.1) is 0 Å². The van der Waals surface area contributed by atoms with Crippen molar-refractivity contribution in [2.75, 3.05) is 20.1 Å². The molecule has 0 aromatic heterocycles. The van der Waals surface area contributed by atoms with Crippen molar-refractivity contribution >= 4 is 10.0 Å². The van der Waals surface area contributed by atoms with Gasteiger partial charge in [-0.05, 0) is 25.6 Å². The lowest BCUT2D eigenvalue weighted by Gasteiger charge is -2.31. The van der Waals surface area contributed by atoms with E-state index in [1.807, 2.05) is 6.07 Å². The van der Waals surface area contributed by atoms with Crippen molar-refractivity contribution in [3.05, 3.63) is 30.3 Å². The Morgan fingerprint density at radius 1 is 1.12 bits per heavy atom. The van der Waals surface area contributed by atoms with Crippen LogP contribution in [-0.4, -0.2) is 49.8 Å². The van der Waals surface area contributed by atoms with Gasteiger partial charge in [0, 0.05) is 25.2 Å². The number of piperazine rings is 1. The number of benzene rings is 1. The van der Waals surface area contributed by atoms with E-state index >= 15 is 0 Å². The Labute approximate surface area is 102 Å². The van der Waals surface area contributed by atoms with E-state index in [0.717, 1.165) is 13.0 Å². The molecule has 0 amide bonds. The SMILES string of the molecule is CN1C[C@@H]2C[C@H]1CN2S(=O)(=O)c1ccccc1. The van der Waals surface area contributed by atoms with Gasteiger partial charge in [-0.3, -0.25) is 0 Å². The Balaban J connectivity index is 1.91. The van der Waals surface area contributed by atoms with Gasteiger partial charge in [0.1, 0.15) is 0 Å². The predicted octanol–water partition coefficient (Wildman–Crippen LogP) is 0.764. The normalized spacial score (nSPS) is 29.9. The number of sulfonamides is 1. The van der Waals surface area contributed by atoms with Crippen molar-refractivity contribution in [3.63, 3.8) is 0 Å². The Kier molecular flexibility index (Phi) is 2.50. The number of likely N-dealkylation sites (tertiary alicyclic amines) is 1. The average molecular weight is 252 g/mol. The van der Waals surface area contributed by atoms with E-state index in [4.69, 9.17) is 0 Å². The van der Waals surface area contributed by atoms with Gasteiger partial charge in [0.15, 0.2) is 0 Å². The van der Waals surface area contributed by atoms with Crippen molar-refractivity contribution in [2.45, 2.75) is 23.4 Å². The average Bonchev–Trinajstić information content (AvgIpc) is 2.89. The van der Waals surface area contributed by atoms with Gasteiger partial charge in [0.25, 0.3) is 0 Å². The summed E-state index contributed by atoms with van der Waals surface area (Å²) < 4.78 is 26.6. The summed E-state index contributed by atoms with van der Waals surface area (Å²) in [5.41, 5.74) is 0. The molecule has 2 fully saturated rings. The minimum atomic E-state index is -3.29. The molecule has 92 valence electrons. The first-order valence-electron chi connectivity index (χ1n) is 5.86. The lowest BCUT2D eigenvalue weighted by atomic mass is 10.2. The van der Waals surface area contributed by atoms with Crippen LogP contribution < -0.4 is 0 Å². The summed E-state index contributed by atoms with van der Waals surface area (Å²) in [6, 6.07) is 9.29. The fourth-order valence-electron chi connectivity index (χ4n) is 2.85. The largest absolute Gasteiger partial charge is 0.300 e. The number of nitrogens with zero attached hydrogens (tertiary/aromatic N) is 2. The van der Waals surface area contributed by atoms with Crippen molar-refractivity contribution in [1.29, 1.82) is 0 Å². The van der Waals surface area contributed by atoms with Crippen LogP contribution in [0.2, 0.25) is 0 Å². The maximum atomic E-state index is 12.4. The number of hydrogen-bond acceptors (Lipinski definition) is 3. The second-order valence-electron chi connectivity index (χ2n) is 4.87. The lowest BCUT2D eigenvalue weighted by Crippen LogP contribution is -2.47. The van der Waals surface area contributed by atoms with E-state index in [9.17, 15) is 8.42 Å². The topological polar surface area (TPSA) is 40.6 Å². The van der Waals surface area contributed by atoms with Crippen molar-refractivity contribution in [3.8, 4) is 0 Å². The number of fused-ring (bicyclic) bond motifs is 2. The molecule has 3 rings (SSSR count). The first-order chi connectivity index (χ1) is 8.09. The summed E-state index contributed by atoms with van der Waals surface area (Å²) in [7, 11) is -1.22. The van der Waals surface area contributed by atoms with Gasteiger partial charge >= 0.3 is 0 Å². The summed E-state index contributed by atoms with van der Waals surface area (Å²) in [6.07, 6.45) is 0.975. The summed E-state index contributed by atoms with van der Waals surface area (Å²) in [5.74, 6) is 0. The zero-order valence-electron chi connectivity index (χ0n) is 9.78. The van der Waals surface area contributed by atoms with Crippen molar-refractivity contribution in [1.82, 2.24) is 9.21 Å². The van der Waals surface area contributed by atoms with Crippen molar-refractivity contribution < 1.29 is 8.42 Å². The zero-order valence-corrected chi connectivity index (χ0v) is 10.6. The van der Waals surface area contributed by atoms with Crippen LogP contribution in [-0.2, 0) is 10.0 Å². The monoisotopic (exact) mass is 252 g/mol. The number of hydrogen-bond donors (Lipinski definition) is 0. The first-order valence-corrected chi connectivity index (χ1v) is 7.30. The highest BCUT2D eigenvalue weighted by Crippen LogP contribution is 2.33. The van der Waals surface area contributed by atoms with E-state index in [-0.39, 0.29) is 6.04 Å². The Morgan fingerprint density at radius 2 is 1.82 bits per heavy atom. The summed E-state index contributed by atoms with van der Waals surface area (Å²) in [6.45, 7) is 1.50. The third-order valence-corrected chi connectivity index (χ3v) is 5.75. The molecule has 0 spiro atoms.